The van der Waals surface area contributed by atoms with E-state index in [4.69, 9.17) is 9.72 Å². The zero-order chi connectivity index (χ0) is 14.7. The molecule has 1 unspecified atom stereocenters. The lowest BCUT2D eigenvalue weighted by atomic mass is 9.88. The fourth-order valence-electron chi connectivity index (χ4n) is 2.33. The molecule has 0 saturated carbocycles. The van der Waals surface area contributed by atoms with Crippen molar-refractivity contribution in [2.75, 3.05) is 13.7 Å². The van der Waals surface area contributed by atoms with Crippen molar-refractivity contribution in [1.29, 1.82) is 0 Å². The first-order chi connectivity index (χ1) is 8.74. The van der Waals surface area contributed by atoms with Gasteiger partial charge in [0.1, 0.15) is 5.01 Å². The first-order valence-corrected chi connectivity index (χ1v) is 7.88. The van der Waals surface area contributed by atoms with Crippen molar-refractivity contribution in [3.8, 4) is 0 Å². The van der Waals surface area contributed by atoms with Crippen LogP contribution >= 0.6 is 11.3 Å². The molecule has 0 aliphatic carbocycles. The Bertz CT molecular complexity index is 401. The molecule has 0 saturated heterocycles. The maximum atomic E-state index is 5.59. The van der Waals surface area contributed by atoms with E-state index in [1.807, 2.05) is 0 Å². The van der Waals surface area contributed by atoms with Gasteiger partial charge in [-0.1, -0.05) is 20.8 Å². The predicted molar refractivity (Wildman–Crippen MR) is 82.9 cm³/mol. The zero-order valence-corrected chi connectivity index (χ0v) is 14.1. The molecule has 0 radical (unpaired) electrons. The van der Waals surface area contributed by atoms with Crippen LogP contribution < -0.4 is 5.32 Å². The molecule has 19 heavy (non-hydrogen) atoms. The van der Waals surface area contributed by atoms with Crippen molar-refractivity contribution >= 4 is 11.3 Å². The molecule has 0 amide bonds. The maximum Gasteiger partial charge on any atom is 0.113 e. The minimum atomic E-state index is -0.166. The third kappa shape index (κ3) is 4.26. The average molecular weight is 284 g/mol. The van der Waals surface area contributed by atoms with Crippen LogP contribution in [0.15, 0.2) is 5.38 Å². The molecule has 0 aromatic carbocycles. The third-order valence-electron chi connectivity index (χ3n) is 3.48. The fraction of sp³-hybridized carbons (Fsp3) is 0.800. The van der Waals surface area contributed by atoms with Gasteiger partial charge in [0, 0.05) is 18.9 Å². The summed E-state index contributed by atoms with van der Waals surface area (Å²) in [5.74, 6) is 0.478. The van der Waals surface area contributed by atoms with E-state index in [1.54, 1.807) is 18.4 Å². The van der Waals surface area contributed by atoms with Crippen molar-refractivity contribution in [3.63, 3.8) is 0 Å². The van der Waals surface area contributed by atoms with Crippen LogP contribution in [0.5, 0.6) is 0 Å². The summed E-state index contributed by atoms with van der Waals surface area (Å²) in [7, 11) is 1.77. The van der Waals surface area contributed by atoms with Gasteiger partial charge in [-0.15, -0.1) is 11.3 Å². The second kappa shape index (κ2) is 6.33. The maximum absolute atomic E-state index is 5.59. The summed E-state index contributed by atoms with van der Waals surface area (Å²) in [5, 5.41) is 6.92. The van der Waals surface area contributed by atoms with Crippen LogP contribution in [0.4, 0.5) is 0 Å². The van der Waals surface area contributed by atoms with E-state index in [9.17, 15) is 0 Å². The van der Waals surface area contributed by atoms with Gasteiger partial charge in [0.15, 0.2) is 0 Å². The smallest absolute Gasteiger partial charge is 0.113 e. The Morgan fingerprint density at radius 3 is 2.42 bits per heavy atom. The Morgan fingerprint density at radius 2 is 2.00 bits per heavy atom. The average Bonchev–Trinajstić information content (AvgIpc) is 2.78. The van der Waals surface area contributed by atoms with E-state index in [2.05, 4.69) is 52.2 Å². The number of nitrogens with one attached hydrogen (secondary N) is 1. The molecule has 0 bridgehead atoms. The summed E-state index contributed by atoms with van der Waals surface area (Å²) in [4.78, 5) is 4.82. The molecule has 1 aromatic rings. The predicted octanol–water partition coefficient (Wildman–Crippen LogP) is 3.91. The van der Waals surface area contributed by atoms with Gasteiger partial charge < -0.3 is 10.1 Å². The molecule has 1 heterocycles. The van der Waals surface area contributed by atoms with Gasteiger partial charge in [-0.2, -0.15) is 0 Å². The van der Waals surface area contributed by atoms with E-state index in [0.717, 1.165) is 18.0 Å². The number of ether oxygens (including phenoxy) is 1. The highest BCUT2D eigenvalue weighted by Crippen LogP contribution is 2.34. The molecule has 1 aromatic heterocycles. The molecule has 0 fully saturated rings. The second-order valence-electron chi connectivity index (χ2n) is 6.24. The molecule has 0 spiro atoms. The largest absolute Gasteiger partial charge is 0.379 e. The van der Waals surface area contributed by atoms with E-state index < -0.39 is 0 Å². The van der Waals surface area contributed by atoms with E-state index in [-0.39, 0.29) is 11.1 Å². The minimum absolute atomic E-state index is 0.133. The lowest BCUT2D eigenvalue weighted by molar-refractivity contribution is -0.00704. The van der Waals surface area contributed by atoms with Gasteiger partial charge in [0.25, 0.3) is 0 Å². The van der Waals surface area contributed by atoms with Crippen LogP contribution in [-0.2, 0) is 10.3 Å². The molecule has 4 heteroatoms. The number of thiazole rings is 1. The minimum Gasteiger partial charge on any atom is -0.379 e. The van der Waals surface area contributed by atoms with Gasteiger partial charge >= 0.3 is 0 Å². The topological polar surface area (TPSA) is 34.1 Å². The van der Waals surface area contributed by atoms with Crippen LogP contribution in [0, 0.1) is 0 Å². The van der Waals surface area contributed by atoms with Crippen molar-refractivity contribution in [3.05, 3.63) is 16.1 Å². The monoisotopic (exact) mass is 284 g/mol. The van der Waals surface area contributed by atoms with E-state index in [1.165, 1.54) is 5.69 Å². The fourth-order valence-corrected chi connectivity index (χ4v) is 3.45. The van der Waals surface area contributed by atoms with Crippen LogP contribution in [-0.4, -0.2) is 24.2 Å². The van der Waals surface area contributed by atoms with Crippen molar-refractivity contribution in [2.24, 2.45) is 0 Å². The first kappa shape index (κ1) is 16.6. The number of hydrogen-bond donors (Lipinski definition) is 1. The van der Waals surface area contributed by atoms with Crippen molar-refractivity contribution in [2.45, 2.75) is 65.0 Å². The molecular weight excluding hydrogens is 256 g/mol. The van der Waals surface area contributed by atoms with E-state index >= 15 is 0 Å². The molecule has 1 rings (SSSR count). The molecule has 1 atom stereocenters. The van der Waals surface area contributed by atoms with Gasteiger partial charge in [-0.25, -0.2) is 4.98 Å². The standard InChI is InChI=1S/C15H28N2OS/c1-8-16-15(6,10-14(4,5)18-7)13-17-12(9-19-13)11(2)3/h9,11,16H,8,10H2,1-7H3. The third-order valence-corrected chi connectivity index (χ3v) is 4.61. The van der Waals surface area contributed by atoms with E-state index in [0.29, 0.717) is 5.92 Å². The zero-order valence-electron chi connectivity index (χ0n) is 13.3. The summed E-state index contributed by atoms with van der Waals surface area (Å²) in [6, 6.07) is 0. The highest BCUT2D eigenvalue weighted by Gasteiger charge is 2.35. The Morgan fingerprint density at radius 1 is 1.37 bits per heavy atom. The van der Waals surface area contributed by atoms with Crippen molar-refractivity contribution < 1.29 is 4.74 Å². The summed E-state index contributed by atoms with van der Waals surface area (Å²) in [6.45, 7) is 13.9. The Labute approximate surface area is 121 Å². The first-order valence-electron chi connectivity index (χ1n) is 7.00. The lowest BCUT2D eigenvalue weighted by Crippen LogP contribution is -2.45. The Kier molecular flexibility index (Phi) is 5.53. The van der Waals surface area contributed by atoms with Gasteiger partial charge in [-0.05, 0) is 33.2 Å². The van der Waals surface area contributed by atoms with Crippen LogP contribution in [0.2, 0.25) is 0 Å². The molecule has 1 N–H and O–H groups in total. The number of methoxy groups -OCH3 is 1. The van der Waals surface area contributed by atoms with Crippen LogP contribution in [0.25, 0.3) is 0 Å². The molecule has 110 valence electrons. The van der Waals surface area contributed by atoms with Gasteiger partial charge in [-0.3, -0.25) is 0 Å². The quantitative estimate of drug-likeness (QED) is 0.824. The molecule has 3 nitrogen and oxygen atoms in total. The molecule has 0 aliphatic heterocycles. The lowest BCUT2D eigenvalue weighted by Gasteiger charge is -2.36. The van der Waals surface area contributed by atoms with Gasteiger partial charge in [0.05, 0.1) is 16.8 Å². The highest BCUT2D eigenvalue weighted by atomic mass is 32.1. The number of rotatable bonds is 7. The van der Waals surface area contributed by atoms with Crippen molar-refractivity contribution in [1.82, 2.24) is 10.3 Å². The summed E-state index contributed by atoms with van der Waals surface area (Å²) in [5.41, 5.74) is 0.881. The van der Waals surface area contributed by atoms with Crippen LogP contribution in [0.3, 0.4) is 0 Å². The Hall–Kier alpha value is -0.450. The Balaban J connectivity index is 3.03. The number of nitrogens with zero attached hydrogens (tertiary/aromatic N) is 1. The summed E-state index contributed by atoms with van der Waals surface area (Å²) >= 11 is 1.75. The van der Waals surface area contributed by atoms with Gasteiger partial charge in [0.2, 0.25) is 0 Å². The number of aromatic nitrogens is 1. The van der Waals surface area contributed by atoms with Crippen LogP contribution in [0.1, 0.15) is 64.6 Å². The normalized spacial score (nSPS) is 15.8. The summed E-state index contributed by atoms with van der Waals surface area (Å²) in [6.07, 6.45) is 0.898. The number of hydrogen-bond acceptors (Lipinski definition) is 4. The second-order valence-corrected chi connectivity index (χ2v) is 7.09. The highest BCUT2D eigenvalue weighted by molar-refractivity contribution is 7.09. The molecular formula is C15H28N2OS. The SMILES string of the molecule is CCNC(C)(CC(C)(C)OC)c1nc(C(C)C)cs1. The summed E-state index contributed by atoms with van der Waals surface area (Å²) < 4.78 is 5.59. The molecule has 0 aliphatic rings.